The SMILES string of the molecule is O=C(c1ccc2c(c1)OCO2)N1CCCC2(C1)CN(c1ccccc1)C(=O)CO2. The lowest BCUT2D eigenvalue weighted by molar-refractivity contribution is -0.144. The fourth-order valence-corrected chi connectivity index (χ4v) is 4.29. The summed E-state index contributed by atoms with van der Waals surface area (Å²) in [7, 11) is 0. The van der Waals surface area contributed by atoms with E-state index in [1.54, 1.807) is 23.1 Å². The van der Waals surface area contributed by atoms with Gasteiger partial charge in [0.05, 0.1) is 13.1 Å². The maximum absolute atomic E-state index is 13.1. The number of hydrogen-bond donors (Lipinski definition) is 0. The van der Waals surface area contributed by atoms with E-state index in [4.69, 9.17) is 14.2 Å². The molecule has 0 radical (unpaired) electrons. The van der Waals surface area contributed by atoms with Gasteiger partial charge in [0, 0.05) is 17.8 Å². The summed E-state index contributed by atoms with van der Waals surface area (Å²) >= 11 is 0. The fourth-order valence-electron chi connectivity index (χ4n) is 4.29. The first kappa shape index (κ1) is 18.0. The van der Waals surface area contributed by atoms with Gasteiger partial charge in [-0.05, 0) is 43.2 Å². The molecular formula is C22H22N2O5. The van der Waals surface area contributed by atoms with Crippen LogP contribution in [0.15, 0.2) is 48.5 Å². The first-order chi connectivity index (χ1) is 14.1. The van der Waals surface area contributed by atoms with Crippen molar-refractivity contribution in [3.05, 3.63) is 54.1 Å². The summed E-state index contributed by atoms with van der Waals surface area (Å²) in [5.41, 5.74) is 0.881. The Labute approximate surface area is 168 Å². The summed E-state index contributed by atoms with van der Waals surface area (Å²) in [6.07, 6.45) is 1.64. The lowest BCUT2D eigenvalue weighted by Gasteiger charge is -2.47. The summed E-state index contributed by atoms with van der Waals surface area (Å²) < 4.78 is 16.8. The van der Waals surface area contributed by atoms with Crippen LogP contribution in [0.2, 0.25) is 0 Å². The van der Waals surface area contributed by atoms with Crippen LogP contribution >= 0.6 is 0 Å². The monoisotopic (exact) mass is 394 g/mol. The summed E-state index contributed by atoms with van der Waals surface area (Å²) in [6, 6.07) is 14.9. The maximum Gasteiger partial charge on any atom is 0.254 e. The van der Waals surface area contributed by atoms with Gasteiger partial charge >= 0.3 is 0 Å². The summed E-state index contributed by atoms with van der Waals surface area (Å²) in [5, 5.41) is 0. The van der Waals surface area contributed by atoms with E-state index in [1.165, 1.54) is 0 Å². The van der Waals surface area contributed by atoms with E-state index in [9.17, 15) is 9.59 Å². The van der Waals surface area contributed by atoms with E-state index in [2.05, 4.69) is 0 Å². The smallest absolute Gasteiger partial charge is 0.254 e. The first-order valence-electron chi connectivity index (χ1n) is 9.82. The van der Waals surface area contributed by atoms with E-state index in [0.717, 1.165) is 18.5 Å². The van der Waals surface area contributed by atoms with E-state index in [-0.39, 0.29) is 25.2 Å². The van der Waals surface area contributed by atoms with Gasteiger partial charge in [0.15, 0.2) is 11.5 Å². The third-order valence-corrected chi connectivity index (χ3v) is 5.76. The Morgan fingerprint density at radius 2 is 1.83 bits per heavy atom. The number of morpholine rings is 1. The predicted octanol–water partition coefficient (Wildman–Crippen LogP) is 2.45. The third-order valence-electron chi connectivity index (χ3n) is 5.76. The molecular weight excluding hydrogens is 372 g/mol. The largest absolute Gasteiger partial charge is 0.454 e. The van der Waals surface area contributed by atoms with Crippen LogP contribution in [-0.2, 0) is 9.53 Å². The van der Waals surface area contributed by atoms with E-state index in [0.29, 0.717) is 36.7 Å². The fraction of sp³-hybridized carbons (Fsp3) is 0.364. The zero-order valence-corrected chi connectivity index (χ0v) is 16.0. The molecule has 5 rings (SSSR count). The van der Waals surface area contributed by atoms with Gasteiger partial charge in [-0.15, -0.1) is 0 Å². The average molecular weight is 394 g/mol. The number of carbonyl (C=O) groups is 2. The number of anilines is 1. The molecule has 1 unspecified atom stereocenters. The zero-order valence-electron chi connectivity index (χ0n) is 16.0. The number of piperidine rings is 1. The Balaban J connectivity index is 1.36. The molecule has 2 aromatic carbocycles. The van der Waals surface area contributed by atoms with Crippen LogP contribution in [0.4, 0.5) is 5.69 Å². The van der Waals surface area contributed by atoms with Crippen molar-refractivity contribution in [1.29, 1.82) is 0 Å². The molecule has 0 aromatic heterocycles. The van der Waals surface area contributed by atoms with Gasteiger partial charge in [0.25, 0.3) is 11.8 Å². The Morgan fingerprint density at radius 3 is 2.69 bits per heavy atom. The standard InChI is InChI=1S/C22H22N2O5/c25-20-12-29-22(14-24(20)17-5-2-1-3-6-17)9-4-10-23(13-22)21(26)16-7-8-18-19(11-16)28-15-27-18/h1-3,5-8,11H,4,9-10,12-15H2. The van der Waals surface area contributed by atoms with Gasteiger partial charge in [-0.2, -0.15) is 0 Å². The lowest BCUT2D eigenvalue weighted by atomic mass is 9.90. The average Bonchev–Trinajstić information content (AvgIpc) is 3.24. The Kier molecular flexibility index (Phi) is 4.39. The summed E-state index contributed by atoms with van der Waals surface area (Å²) in [5.74, 6) is 1.14. The quantitative estimate of drug-likeness (QED) is 0.783. The molecule has 2 aromatic rings. The van der Waals surface area contributed by atoms with Crippen LogP contribution in [0.25, 0.3) is 0 Å². The van der Waals surface area contributed by atoms with Crippen LogP contribution < -0.4 is 14.4 Å². The third kappa shape index (κ3) is 3.31. The van der Waals surface area contributed by atoms with Crippen molar-refractivity contribution in [2.45, 2.75) is 18.4 Å². The molecule has 0 N–H and O–H groups in total. The molecule has 0 saturated carbocycles. The van der Waals surface area contributed by atoms with Gasteiger partial charge in [-0.1, -0.05) is 18.2 Å². The van der Waals surface area contributed by atoms with Gasteiger partial charge in [0.2, 0.25) is 6.79 Å². The van der Waals surface area contributed by atoms with Gasteiger partial charge in [-0.3, -0.25) is 9.59 Å². The number of para-hydroxylation sites is 1. The highest BCUT2D eigenvalue weighted by molar-refractivity contribution is 5.96. The number of fused-ring (bicyclic) bond motifs is 1. The van der Waals surface area contributed by atoms with E-state index in [1.807, 2.05) is 35.2 Å². The number of likely N-dealkylation sites (tertiary alicyclic amines) is 1. The second-order valence-corrected chi connectivity index (χ2v) is 7.69. The number of ether oxygens (including phenoxy) is 3. The minimum absolute atomic E-state index is 0.0287. The van der Waals surface area contributed by atoms with E-state index < -0.39 is 5.60 Å². The molecule has 7 nitrogen and oxygen atoms in total. The molecule has 1 atom stereocenters. The van der Waals surface area contributed by atoms with Crippen LogP contribution in [0, 0.1) is 0 Å². The molecule has 2 fully saturated rings. The van der Waals surface area contributed by atoms with Crippen molar-refractivity contribution in [1.82, 2.24) is 4.90 Å². The zero-order chi connectivity index (χ0) is 19.8. The number of nitrogens with zero attached hydrogens (tertiary/aromatic N) is 2. The molecule has 0 aliphatic carbocycles. The second kappa shape index (κ2) is 7.08. The minimum Gasteiger partial charge on any atom is -0.454 e. The highest BCUT2D eigenvalue weighted by Gasteiger charge is 2.44. The van der Waals surface area contributed by atoms with Gasteiger partial charge in [-0.25, -0.2) is 0 Å². The molecule has 3 aliphatic heterocycles. The first-order valence-corrected chi connectivity index (χ1v) is 9.82. The molecule has 1 spiro atoms. The van der Waals surface area contributed by atoms with Crippen molar-refractivity contribution in [3.63, 3.8) is 0 Å². The highest BCUT2D eigenvalue weighted by atomic mass is 16.7. The molecule has 3 aliphatic rings. The highest BCUT2D eigenvalue weighted by Crippen LogP contribution is 2.35. The number of rotatable bonds is 2. The number of hydrogen-bond acceptors (Lipinski definition) is 5. The minimum atomic E-state index is -0.548. The Hall–Kier alpha value is -3.06. The van der Waals surface area contributed by atoms with Crippen molar-refractivity contribution in [2.24, 2.45) is 0 Å². The van der Waals surface area contributed by atoms with Crippen LogP contribution in [0.3, 0.4) is 0 Å². The Bertz CT molecular complexity index is 947. The Morgan fingerprint density at radius 1 is 1.00 bits per heavy atom. The molecule has 7 heteroatoms. The predicted molar refractivity (Wildman–Crippen MR) is 105 cm³/mol. The van der Waals surface area contributed by atoms with Crippen LogP contribution in [-0.4, -0.2) is 55.3 Å². The number of carbonyl (C=O) groups excluding carboxylic acids is 2. The number of amides is 2. The van der Waals surface area contributed by atoms with Crippen molar-refractivity contribution >= 4 is 17.5 Å². The van der Waals surface area contributed by atoms with Crippen LogP contribution in [0.5, 0.6) is 11.5 Å². The van der Waals surface area contributed by atoms with Crippen molar-refractivity contribution in [3.8, 4) is 11.5 Å². The lowest BCUT2D eigenvalue weighted by Crippen LogP contribution is -2.62. The van der Waals surface area contributed by atoms with Crippen LogP contribution in [0.1, 0.15) is 23.2 Å². The van der Waals surface area contributed by atoms with Crippen molar-refractivity contribution in [2.75, 3.05) is 37.9 Å². The molecule has 2 saturated heterocycles. The molecule has 29 heavy (non-hydrogen) atoms. The topological polar surface area (TPSA) is 68.3 Å². The summed E-state index contributed by atoms with van der Waals surface area (Å²) in [6.45, 7) is 1.77. The number of benzene rings is 2. The molecule has 0 bridgehead atoms. The molecule has 3 heterocycles. The van der Waals surface area contributed by atoms with Gasteiger partial charge in [0.1, 0.15) is 12.2 Å². The van der Waals surface area contributed by atoms with Gasteiger partial charge < -0.3 is 24.0 Å². The van der Waals surface area contributed by atoms with Crippen molar-refractivity contribution < 1.29 is 23.8 Å². The summed E-state index contributed by atoms with van der Waals surface area (Å²) in [4.78, 5) is 29.2. The molecule has 2 amide bonds. The van der Waals surface area contributed by atoms with E-state index >= 15 is 0 Å². The molecule has 150 valence electrons. The second-order valence-electron chi connectivity index (χ2n) is 7.69. The maximum atomic E-state index is 13.1. The normalized spacial score (nSPS) is 23.5.